The molecule has 212 valence electrons. The Morgan fingerprint density at radius 3 is 2.62 bits per heavy atom. The highest BCUT2D eigenvalue weighted by molar-refractivity contribution is 5.94. The van der Waals surface area contributed by atoms with Gasteiger partial charge in [0.1, 0.15) is 36.6 Å². The first-order valence-corrected chi connectivity index (χ1v) is 13.9. The van der Waals surface area contributed by atoms with Gasteiger partial charge in [-0.15, -0.1) is 0 Å². The molecule has 6 rings (SSSR count). The first-order chi connectivity index (χ1) is 20.4. The molecule has 1 aliphatic carbocycles. The van der Waals surface area contributed by atoms with Crippen LogP contribution in [0.4, 0.5) is 10.2 Å². The van der Waals surface area contributed by atoms with Crippen molar-refractivity contribution in [3.05, 3.63) is 71.9 Å². The molecule has 2 aliphatic rings. The largest absolute Gasteiger partial charge is 0.490 e. The molecule has 1 amide bonds. The third-order valence-electron chi connectivity index (χ3n) is 8.23. The summed E-state index contributed by atoms with van der Waals surface area (Å²) in [4.78, 5) is 23.8. The van der Waals surface area contributed by atoms with Gasteiger partial charge in [0.05, 0.1) is 35.0 Å². The number of nitriles is 2. The van der Waals surface area contributed by atoms with E-state index in [0.717, 1.165) is 29.8 Å². The van der Waals surface area contributed by atoms with Crippen molar-refractivity contribution < 1.29 is 13.9 Å². The fraction of sp³-hybridized carbons (Fsp3) is 0.355. The van der Waals surface area contributed by atoms with E-state index in [1.54, 1.807) is 29.0 Å². The molecule has 0 bridgehead atoms. The van der Waals surface area contributed by atoms with E-state index < -0.39 is 17.6 Å². The number of halogens is 1. The van der Waals surface area contributed by atoms with Crippen molar-refractivity contribution in [1.29, 1.82) is 10.5 Å². The van der Waals surface area contributed by atoms with Gasteiger partial charge in [-0.25, -0.2) is 13.9 Å². The topological polar surface area (TPSA) is 132 Å². The van der Waals surface area contributed by atoms with Crippen molar-refractivity contribution in [2.75, 3.05) is 24.6 Å². The highest BCUT2D eigenvalue weighted by atomic mass is 19.1. The van der Waals surface area contributed by atoms with Crippen molar-refractivity contribution in [2.24, 2.45) is 5.41 Å². The Kier molecular flexibility index (Phi) is 6.95. The second-order valence-corrected chi connectivity index (χ2v) is 11.3. The van der Waals surface area contributed by atoms with Gasteiger partial charge >= 0.3 is 0 Å². The lowest BCUT2D eigenvalue weighted by Gasteiger charge is -2.40. The van der Waals surface area contributed by atoms with Gasteiger partial charge in [0.15, 0.2) is 0 Å². The van der Waals surface area contributed by atoms with Crippen molar-refractivity contribution in [1.82, 2.24) is 24.9 Å². The minimum Gasteiger partial charge on any atom is -0.490 e. The van der Waals surface area contributed by atoms with Crippen molar-refractivity contribution in [2.45, 2.75) is 44.8 Å². The van der Waals surface area contributed by atoms with Gasteiger partial charge in [-0.05, 0) is 56.9 Å². The van der Waals surface area contributed by atoms with E-state index in [0.29, 0.717) is 49.4 Å². The quantitative estimate of drug-likeness (QED) is 0.328. The number of aromatic nitrogens is 4. The Hall–Kier alpha value is -5.03. The smallest absolute Gasteiger partial charge is 0.270 e. The molecular weight excluding hydrogens is 535 g/mol. The van der Waals surface area contributed by atoms with Crippen LogP contribution in [0.1, 0.15) is 54.2 Å². The van der Waals surface area contributed by atoms with Gasteiger partial charge in [-0.2, -0.15) is 15.6 Å². The summed E-state index contributed by atoms with van der Waals surface area (Å²) in [6, 6.07) is 13.5. The molecule has 0 spiro atoms. The zero-order chi connectivity index (χ0) is 29.3. The molecule has 1 aliphatic heterocycles. The first kappa shape index (κ1) is 27.2. The van der Waals surface area contributed by atoms with Crippen LogP contribution < -0.4 is 15.0 Å². The lowest BCUT2D eigenvalue weighted by Crippen LogP contribution is -2.53. The van der Waals surface area contributed by atoms with E-state index in [-0.39, 0.29) is 17.2 Å². The predicted octanol–water partition coefficient (Wildman–Crippen LogP) is 4.60. The second-order valence-electron chi connectivity index (χ2n) is 11.3. The van der Waals surface area contributed by atoms with Gasteiger partial charge in [-0.1, -0.05) is 6.07 Å². The number of hydrogen-bond acceptors (Lipinski definition) is 8. The molecule has 1 saturated heterocycles. The number of hydrogen-bond donors (Lipinski definition) is 1. The lowest BCUT2D eigenvalue weighted by molar-refractivity contribution is 0.0884. The van der Waals surface area contributed by atoms with Crippen LogP contribution in [-0.2, 0) is 6.67 Å². The van der Waals surface area contributed by atoms with Crippen molar-refractivity contribution >= 4 is 17.2 Å². The van der Waals surface area contributed by atoms with Crippen LogP contribution in [0.25, 0.3) is 16.6 Å². The fourth-order valence-electron chi connectivity index (χ4n) is 5.31. The molecule has 0 atom stereocenters. The third kappa shape index (κ3) is 5.21. The molecule has 42 heavy (non-hydrogen) atoms. The van der Waals surface area contributed by atoms with Gasteiger partial charge in [0.2, 0.25) is 0 Å². The predicted molar refractivity (Wildman–Crippen MR) is 152 cm³/mol. The number of piperidine rings is 1. The Labute approximate surface area is 242 Å². The van der Waals surface area contributed by atoms with Crippen LogP contribution in [-0.4, -0.2) is 50.7 Å². The van der Waals surface area contributed by atoms with Gasteiger partial charge in [0, 0.05) is 47.7 Å². The number of rotatable bonds is 8. The Morgan fingerprint density at radius 2 is 1.95 bits per heavy atom. The molecule has 0 aromatic carbocycles. The minimum atomic E-state index is -0.744. The van der Waals surface area contributed by atoms with Gasteiger partial charge in [0.25, 0.3) is 5.91 Å². The molecule has 10 nitrogen and oxygen atoms in total. The molecule has 4 aromatic rings. The van der Waals surface area contributed by atoms with E-state index in [1.807, 2.05) is 25.1 Å². The van der Waals surface area contributed by atoms with Crippen LogP contribution in [0.3, 0.4) is 0 Å². The molecule has 4 aromatic heterocycles. The molecule has 1 saturated carbocycles. The second kappa shape index (κ2) is 10.7. The van der Waals surface area contributed by atoms with Gasteiger partial charge < -0.3 is 15.0 Å². The number of pyridine rings is 3. The number of ether oxygens (including phenoxy) is 1. The molecule has 1 N–H and O–H groups in total. The third-order valence-corrected chi connectivity index (χ3v) is 8.23. The number of anilines is 1. The normalized spacial score (nSPS) is 16.8. The van der Waals surface area contributed by atoms with Gasteiger partial charge in [-0.3, -0.25) is 9.78 Å². The average Bonchev–Trinajstić information content (AvgIpc) is 3.69. The summed E-state index contributed by atoms with van der Waals surface area (Å²) < 4.78 is 21.0. The van der Waals surface area contributed by atoms with Crippen molar-refractivity contribution in [3.63, 3.8) is 0 Å². The van der Waals surface area contributed by atoms with Crippen LogP contribution in [0.5, 0.6) is 5.75 Å². The number of nitrogens with one attached hydrogen (secondary N) is 1. The molecular formula is C31H29FN8O2. The number of alkyl halides is 1. The lowest BCUT2D eigenvalue weighted by atomic mass is 9.89. The van der Waals surface area contributed by atoms with Crippen LogP contribution >= 0.6 is 0 Å². The summed E-state index contributed by atoms with van der Waals surface area (Å²) in [5.41, 5.74) is 2.21. The summed E-state index contributed by atoms with van der Waals surface area (Å²) in [5, 5.41) is 26.5. The summed E-state index contributed by atoms with van der Waals surface area (Å²) in [6.45, 7) is 2.92. The van der Waals surface area contributed by atoms with Crippen LogP contribution in [0.15, 0.2) is 55.1 Å². The SMILES string of the molecule is CC1(NC(=O)c2ncccc2CF)CCN(c2ccc(-c3cc(OCC4(C#N)CC4)cn4ncc(C#N)c34)cn2)CC1. The summed E-state index contributed by atoms with van der Waals surface area (Å²) in [6.07, 6.45) is 9.55. The Morgan fingerprint density at radius 1 is 1.14 bits per heavy atom. The summed E-state index contributed by atoms with van der Waals surface area (Å²) >= 11 is 0. The minimum absolute atomic E-state index is 0.124. The highest BCUT2D eigenvalue weighted by Gasteiger charge is 2.44. The summed E-state index contributed by atoms with van der Waals surface area (Å²) in [7, 11) is 0. The standard InChI is InChI=1S/C31H29FN8O2/c1-30(38-29(41)27-21(14-32)3-2-10-35-27)8-11-39(12-9-30)26-5-4-22(16-36-26)25-13-24(42-20-31(19-34)6-7-31)18-40-28(25)23(15-33)17-37-40/h2-5,10,13,16-18H,6-9,11-12,14,20H2,1H3,(H,38,41). The zero-order valence-corrected chi connectivity index (χ0v) is 23.2. The number of amides is 1. The van der Waals surface area contributed by atoms with E-state index in [9.17, 15) is 19.7 Å². The zero-order valence-electron chi connectivity index (χ0n) is 23.2. The fourth-order valence-corrected chi connectivity index (χ4v) is 5.31. The number of fused-ring (bicyclic) bond motifs is 1. The van der Waals surface area contributed by atoms with E-state index in [1.165, 1.54) is 12.4 Å². The highest BCUT2D eigenvalue weighted by Crippen LogP contribution is 2.45. The van der Waals surface area contributed by atoms with E-state index in [4.69, 9.17) is 9.72 Å². The van der Waals surface area contributed by atoms with Crippen LogP contribution in [0, 0.1) is 28.1 Å². The molecule has 5 heterocycles. The van der Waals surface area contributed by atoms with E-state index >= 15 is 0 Å². The number of carbonyl (C=O) groups excluding carboxylic acids is 1. The average molecular weight is 565 g/mol. The maximum absolute atomic E-state index is 13.3. The Balaban J connectivity index is 1.17. The summed E-state index contributed by atoms with van der Waals surface area (Å²) in [5.74, 6) is 1.01. The molecule has 0 radical (unpaired) electrons. The molecule has 0 unspecified atom stereocenters. The Bertz CT molecular complexity index is 1720. The number of carbonyl (C=O) groups is 1. The molecule has 2 fully saturated rings. The monoisotopic (exact) mass is 564 g/mol. The maximum atomic E-state index is 13.3. The first-order valence-electron chi connectivity index (χ1n) is 13.9. The van der Waals surface area contributed by atoms with E-state index in [2.05, 4.69) is 32.4 Å². The maximum Gasteiger partial charge on any atom is 0.270 e. The number of nitrogens with zero attached hydrogens (tertiary/aromatic N) is 7. The molecule has 11 heteroatoms. The van der Waals surface area contributed by atoms with Crippen molar-refractivity contribution in [3.8, 4) is 29.0 Å². The van der Waals surface area contributed by atoms with Crippen LogP contribution in [0.2, 0.25) is 0 Å².